The molecule has 4 nitrogen and oxygen atoms in total. The fourth-order valence-corrected chi connectivity index (χ4v) is 6.36. The van der Waals surface area contributed by atoms with Crippen LogP contribution in [0, 0.1) is 0 Å². The smallest absolute Gasteiger partial charge is 0.266 e. The number of carbonyl (C=O) groups excluding carboxylic acids is 2. The summed E-state index contributed by atoms with van der Waals surface area (Å²) in [7, 11) is 0. The highest BCUT2D eigenvalue weighted by molar-refractivity contribution is 8.27. The molecular weight excluding hydrogens is 525 g/mol. The Morgan fingerprint density at radius 3 is 1.44 bits per heavy atom. The average Bonchev–Trinajstić information content (AvgIpc) is 3.29. The third-order valence-corrected chi connectivity index (χ3v) is 8.38. The summed E-state index contributed by atoms with van der Waals surface area (Å²) < 4.78 is 1.10. The van der Waals surface area contributed by atoms with E-state index in [1.54, 1.807) is 9.80 Å². The summed E-state index contributed by atoms with van der Waals surface area (Å²) in [5, 5.41) is 0. The van der Waals surface area contributed by atoms with Gasteiger partial charge >= 0.3 is 0 Å². The van der Waals surface area contributed by atoms with Gasteiger partial charge in [-0.3, -0.25) is 19.4 Å². The quantitative estimate of drug-likeness (QED) is 0.261. The van der Waals surface area contributed by atoms with Crippen LogP contribution < -0.4 is 0 Å². The lowest BCUT2D eigenvalue weighted by Gasteiger charge is -2.14. The molecule has 36 heavy (non-hydrogen) atoms. The Morgan fingerprint density at radius 2 is 1.03 bits per heavy atom. The molecular formula is C28H20N2O2S4. The standard InChI is InChI=1S/C28H20N2O2S4/c31-25-23(35-27(33)29(25)17-19-8-3-1-4-9-19)15-21-12-7-13-22(14-21)16-24-26(32)30(28(34)36-24)18-20-10-5-2-6-11-20/h1-16H,17-18H2/b23-15-,24-16-. The molecule has 0 spiro atoms. The molecule has 2 amide bonds. The highest BCUT2D eigenvalue weighted by atomic mass is 32.2. The molecule has 2 heterocycles. The second-order valence-corrected chi connectivity index (χ2v) is 11.5. The van der Waals surface area contributed by atoms with Crippen LogP contribution in [-0.2, 0) is 22.7 Å². The van der Waals surface area contributed by atoms with Gasteiger partial charge in [-0.2, -0.15) is 0 Å². The molecule has 0 unspecified atom stereocenters. The van der Waals surface area contributed by atoms with E-state index in [2.05, 4.69) is 0 Å². The minimum atomic E-state index is -0.0963. The lowest BCUT2D eigenvalue weighted by Crippen LogP contribution is -2.27. The molecule has 0 aliphatic carbocycles. The van der Waals surface area contributed by atoms with Crippen molar-refractivity contribution in [2.24, 2.45) is 0 Å². The van der Waals surface area contributed by atoms with Gasteiger partial charge in [-0.1, -0.05) is 127 Å². The van der Waals surface area contributed by atoms with Gasteiger partial charge in [0.15, 0.2) is 0 Å². The lowest BCUT2D eigenvalue weighted by molar-refractivity contribution is -0.123. The van der Waals surface area contributed by atoms with Crippen LogP contribution in [0.4, 0.5) is 0 Å². The van der Waals surface area contributed by atoms with Crippen molar-refractivity contribution >= 4 is 80.6 Å². The van der Waals surface area contributed by atoms with Crippen LogP contribution in [0.1, 0.15) is 22.3 Å². The number of nitrogens with zero attached hydrogens (tertiary/aromatic N) is 2. The lowest BCUT2D eigenvalue weighted by atomic mass is 10.1. The van der Waals surface area contributed by atoms with Crippen molar-refractivity contribution in [3.63, 3.8) is 0 Å². The van der Waals surface area contributed by atoms with Crippen molar-refractivity contribution in [1.82, 2.24) is 9.80 Å². The van der Waals surface area contributed by atoms with Gasteiger partial charge in [-0.15, -0.1) is 0 Å². The average molecular weight is 545 g/mol. The van der Waals surface area contributed by atoms with Crippen molar-refractivity contribution in [3.05, 3.63) is 117 Å². The Morgan fingerprint density at radius 1 is 0.611 bits per heavy atom. The van der Waals surface area contributed by atoms with Gasteiger partial charge in [0, 0.05) is 0 Å². The first-order valence-electron chi connectivity index (χ1n) is 11.2. The first-order chi connectivity index (χ1) is 17.5. The predicted octanol–water partition coefficient (Wildman–Crippen LogP) is 6.49. The topological polar surface area (TPSA) is 40.6 Å². The van der Waals surface area contributed by atoms with Crippen LogP contribution in [0.2, 0.25) is 0 Å². The first-order valence-corrected chi connectivity index (χ1v) is 13.6. The van der Waals surface area contributed by atoms with Gasteiger partial charge in [0.05, 0.1) is 22.9 Å². The van der Waals surface area contributed by atoms with Crippen molar-refractivity contribution in [2.45, 2.75) is 13.1 Å². The molecule has 2 fully saturated rings. The number of thiocarbonyl (C=S) groups is 2. The van der Waals surface area contributed by atoms with E-state index in [0.29, 0.717) is 31.5 Å². The number of amides is 2. The van der Waals surface area contributed by atoms with Crippen molar-refractivity contribution < 1.29 is 9.59 Å². The van der Waals surface area contributed by atoms with Crippen LogP contribution in [0.3, 0.4) is 0 Å². The molecule has 0 atom stereocenters. The van der Waals surface area contributed by atoms with Gasteiger partial charge in [0.1, 0.15) is 8.64 Å². The normalized spacial score (nSPS) is 18.2. The second kappa shape index (κ2) is 10.9. The van der Waals surface area contributed by atoms with E-state index in [1.807, 2.05) is 97.1 Å². The fourth-order valence-electron chi connectivity index (χ4n) is 3.85. The summed E-state index contributed by atoms with van der Waals surface area (Å²) in [6, 6.07) is 27.3. The van der Waals surface area contributed by atoms with Crippen LogP contribution in [-0.4, -0.2) is 30.3 Å². The maximum absolute atomic E-state index is 13.0. The Bertz CT molecular complexity index is 1310. The maximum Gasteiger partial charge on any atom is 0.266 e. The van der Waals surface area contributed by atoms with Crippen LogP contribution in [0.15, 0.2) is 94.7 Å². The summed E-state index contributed by atoms with van der Waals surface area (Å²) in [6.45, 7) is 0.904. The van der Waals surface area contributed by atoms with Gasteiger partial charge < -0.3 is 0 Å². The monoisotopic (exact) mass is 544 g/mol. The SMILES string of the molecule is O=C1/C(=C/c2cccc(/C=C3\SC(=S)N(Cc4ccccc4)C3=O)c2)SC(=S)N1Cc1ccccc1. The van der Waals surface area contributed by atoms with E-state index in [0.717, 1.165) is 22.3 Å². The van der Waals surface area contributed by atoms with Gasteiger partial charge in [-0.05, 0) is 40.5 Å². The van der Waals surface area contributed by atoms with E-state index in [9.17, 15) is 9.59 Å². The minimum Gasteiger partial charge on any atom is -0.288 e. The minimum absolute atomic E-state index is 0.0963. The summed E-state index contributed by atoms with van der Waals surface area (Å²) in [6.07, 6.45) is 3.70. The molecule has 2 aliphatic heterocycles. The van der Waals surface area contributed by atoms with Gasteiger partial charge in [0.25, 0.3) is 11.8 Å². The highest BCUT2D eigenvalue weighted by Crippen LogP contribution is 2.35. The summed E-state index contributed by atoms with van der Waals surface area (Å²) in [5.74, 6) is -0.193. The molecule has 178 valence electrons. The molecule has 8 heteroatoms. The zero-order chi connectivity index (χ0) is 25.1. The van der Waals surface area contributed by atoms with E-state index in [4.69, 9.17) is 24.4 Å². The van der Waals surface area contributed by atoms with E-state index < -0.39 is 0 Å². The second-order valence-electron chi connectivity index (χ2n) is 8.18. The molecule has 0 bridgehead atoms. The van der Waals surface area contributed by atoms with Crippen LogP contribution in [0.5, 0.6) is 0 Å². The summed E-state index contributed by atoms with van der Waals surface area (Å²) in [5.41, 5.74) is 3.79. The zero-order valence-corrected chi connectivity index (χ0v) is 22.3. The maximum atomic E-state index is 13.0. The molecule has 2 aliphatic rings. The van der Waals surface area contributed by atoms with Crippen molar-refractivity contribution in [2.75, 3.05) is 0 Å². The molecule has 5 rings (SSSR count). The van der Waals surface area contributed by atoms with Crippen molar-refractivity contribution in [3.8, 4) is 0 Å². The molecule has 3 aromatic rings. The van der Waals surface area contributed by atoms with Gasteiger partial charge in [-0.25, -0.2) is 0 Å². The molecule has 0 N–H and O–H groups in total. The molecule has 0 radical (unpaired) electrons. The fraction of sp³-hybridized carbons (Fsp3) is 0.0714. The van der Waals surface area contributed by atoms with Crippen LogP contribution in [0.25, 0.3) is 12.2 Å². The third kappa shape index (κ3) is 5.52. The van der Waals surface area contributed by atoms with E-state index >= 15 is 0 Å². The Kier molecular flexibility index (Phi) is 7.48. The molecule has 0 aromatic heterocycles. The predicted molar refractivity (Wildman–Crippen MR) is 157 cm³/mol. The summed E-state index contributed by atoms with van der Waals surface area (Å²) >= 11 is 13.6. The Labute approximate surface area is 229 Å². The Hall–Kier alpha value is -3.04. The van der Waals surface area contributed by atoms with E-state index in [1.165, 1.54) is 23.5 Å². The molecule has 0 saturated carbocycles. The van der Waals surface area contributed by atoms with Crippen LogP contribution >= 0.6 is 48.0 Å². The largest absolute Gasteiger partial charge is 0.288 e. The molecule has 2 saturated heterocycles. The first kappa shape index (κ1) is 24.6. The highest BCUT2D eigenvalue weighted by Gasteiger charge is 2.33. The number of rotatable bonds is 6. The number of hydrogen-bond acceptors (Lipinski definition) is 6. The number of thioether (sulfide) groups is 2. The van der Waals surface area contributed by atoms with Gasteiger partial charge in [0.2, 0.25) is 0 Å². The summed E-state index contributed by atoms with van der Waals surface area (Å²) in [4.78, 5) is 30.5. The molecule has 3 aromatic carbocycles. The number of carbonyl (C=O) groups is 2. The van der Waals surface area contributed by atoms with E-state index in [-0.39, 0.29) is 11.8 Å². The van der Waals surface area contributed by atoms with Crippen molar-refractivity contribution in [1.29, 1.82) is 0 Å². The number of benzene rings is 3. The third-order valence-electron chi connectivity index (χ3n) is 5.62. The zero-order valence-electron chi connectivity index (χ0n) is 19.0. The number of hydrogen-bond donors (Lipinski definition) is 0. The Balaban J connectivity index is 1.32.